The Bertz CT molecular complexity index is 1090. The first-order chi connectivity index (χ1) is 11.8. The molecule has 3 aromatic rings. The molecule has 0 radical (unpaired) electrons. The highest BCUT2D eigenvalue weighted by Crippen LogP contribution is 2.29. The van der Waals surface area contributed by atoms with Gasteiger partial charge in [-0.2, -0.15) is 8.42 Å². The van der Waals surface area contributed by atoms with Crippen molar-refractivity contribution >= 4 is 21.1 Å². The molecule has 0 aliphatic heterocycles. The Labute approximate surface area is 142 Å². The van der Waals surface area contributed by atoms with Crippen LogP contribution >= 0.6 is 0 Å². The van der Waals surface area contributed by atoms with E-state index in [0.717, 1.165) is 18.4 Å². The number of fused-ring (bicyclic) bond motifs is 1. The van der Waals surface area contributed by atoms with Crippen LogP contribution in [-0.4, -0.2) is 30.2 Å². The van der Waals surface area contributed by atoms with Gasteiger partial charge < -0.3 is 20.4 Å². The van der Waals surface area contributed by atoms with Crippen LogP contribution in [0.3, 0.4) is 0 Å². The number of phenolic OH excluding ortho intramolecular Hbond substituents is 2. The fourth-order valence-electron chi connectivity index (χ4n) is 2.20. The Kier molecular flexibility index (Phi) is 5.12. The van der Waals surface area contributed by atoms with Crippen molar-refractivity contribution in [3.63, 3.8) is 0 Å². The third kappa shape index (κ3) is 3.63. The second-order valence-electron chi connectivity index (χ2n) is 4.82. The quantitative estimate of drug-likeness (QED) is 0.501. The van der Waals surface area contributed by atoms with E-state index < -0.39 is 26.2 Å². The van der Waals surface area contributed by atoms with Crippen LogP contribution in [0.15, 0.2) is 56.8 Å². The lowest BCUT2D eigenvalue weighted by molar-refractivity contribution is 0.443. The van der Waals surface area contributed by atoms with Crippen molar-refractivity contribution in [1.29, 1.82) is 0 Å². The zero-order valence-corrected chi connectivity index (χ0v) is 13.8. The van der Waals surface area contributed by atoms with Crippen LogP contribution in [0.4, 0.5) is 0 Å². The summed E-state index contributed by atoms with van der Waals surface area (Å²) in [5.74, 6) is -0.696. The van der Waals surface area contributed by atoms with Crippen molar-refractivity contribution in [1.82, 2.24) is 0 Å². The Morgan fingerprint density at radius 3 is 2.36 bits per heavy atom. The standard InChI is InChI=1S/C15H10O7S.CH5N/c16-9-2-3-10-13(6-9)22-7-11(15(10)18)8-1-4-12(17)14(5-8)23(19,20)21;1-2/h1-7,16-17H,(H,19,20,21);2H2,1H3. The van der Waals surface area contributed by atoms with Crippen molar-refractivity contribution < 1.29 is 27.6 Å². The van der Waals surface area contributed by atoms with Crippen LogP contribution < -0.4 is 11.2 Å². The molecule has 1 aromatic heterocycles. The molecular formula is C16H15NO7S. The van der Waals surface area contributed by atoms with Crippen LogP contribution in [0.5, 0.6) is 11.5 Å². The highest BCUT2D eigenvalue weighted by Gasteiger charge is 2.18. The number of nitrogens with two attached hydrogens (primary N) is 1. The summed E-state index contributed by atoms with van der Waals surface area (Å²) in [7, 11) is -3.14. The first-order valence-electron chi connectivity index (χ1n) is 6.90. The van der Waals surface area contributed by atoms with Gasteiger partial charge in [-0.25, -0.2) is 0 Å². The zero-order valence-electron chi connectivity index (χ0n) is 13.0. The summed E-state index contributed by atoms with van der Waals surface area (Å²) in [6.07, 6.45) is 1.12. The lowest BCUT2D eigenvalue weighted by atomic mass is 10.1. The van der Waals surface area contributed by atoms with E-state index in [1.54, 1.807) is 0 Å². The third-order valence-electron chi connectivity index (χ3n) is 3.31. The van der Waals surface area contributed by atoms with Crippen LogP contribution in [0.2, 0.25) is 0 Å². The second-order valence-corrected chi connectivity index (χ2v) is 6.21. The van der Waals surface area contributed by atoms with E-state index in [1.165, 1.54) is 31.3 Å². The topological polar surface area (TPSA) is 151 Å². The Hall–Kier alpha value is -2.88. The van der Waals surface area contributed by atoms with Crippen molar-refractivity contribution in [3.8, 4) is 22.6 Å². The first kappa shape index (κ1) is 18.5. The fourth-order valence-corrected chi connectivity index (χ4v) is 2.81. The summed E-state index contributed by atoms with van der Waals surface area (Å²) in [5, 5.41) is 19.1. The summed E-state index contributed by atoms with van der Waals surface area (Å²) < 4.78 is 36.9. The van der Waals surface area contributed by atoms with E-state index in [2.05, 4.69) is 5.73 Å². The molecule has 0 saturated carbocycles. The molecule has 132 valence electrons. The molecule has 3 rings (SSSR count). The highest BCUT2D eigenvalue weighted by atomic mass is 32.2. The van der Waals surface area contributed by atoms with E-state index in [9.17, 15) is 23.4 Å². The van der Waals surface area contributed by atoms with Gasteiger partial charge >= 0.3 is 0 Å². The van der Waals surface area contributed by atoms with Crippen LogP contribution in [-0.2, 0) is 10.1 Å². The first-order valence-corrected chi connectivity index (χ1v) is 8.34. The number of hydrogen-bond donors (Lipinski definition) is 4. The van der Waals surface area contributed by atoms with Crippen molar-refractivity contribution in [2.75, 3.05) is 7.05 Å². The minimum absolute atomic E-state index is 0.0492. The number of aromatic hydroxyl groups is 2. The smallest absolute Gasteiger partial charge is 0.298 e. The minimum Gasteiger partial charge on any atom is -0.508 e. The van der Waals surface area contributed by atoms with E-state index >= 15 is 0 Å². The third-order valence-corrected chi connectivity index (χ3v) is 4.19. The van der Waals surface area contributed by atoms with Crippen LogP contribution in [0.1, 0.15) is 0 Å². The molecule has 0 spiro atoms. The molecule has 0 atom stereocenters. The summed E-state index contributed by atoms with van der Waals surface area (Å²) in [5.41, 5.74) is 4.43. The summed E-state index contributed by atoms with van der Waals surface area (Å²) >= 11 is 0. The van der Waals surface area contributed by atoms with Gasteiger partial charge in [0.05, 0.1) is 10.9 Å². The largest absolute Gasteiger partial charge is 0.508 e. The SMILES string of the molecule is CN.O=c1c(-c2ccc(O)c(S(=O)(=O)O)c2)coc2cc(O)ccc12. The van der Waals surface area contributed by atoms with Crippen molar-refractivity contribution in [3.05, 3.63) is 52.9 Å². The molecular weight excluding hydrogens is 350 g/mol. The average molecular weight is 365 g/mol. The monoisotopic (exact) mass is 365 g/mol. The van der Waals surface area contributed by atoms with Crippen LogP contribution in [0.25, 0.3) is 22.1 Å². The molecule has 0 amide bonds. The molecule has 1 heterocycles. The number of hydrogen-bond acceptors (Lipinski definition) is 7. The highest BCUT2D eigenvalue weighted by molar-refractivity contribution is 7.86. The molecule has 0 aliphatic rings. The lowest BCUT2D eigenvalue weighted by Crippen LogP contribution is -2.05. The maximum absolute atomic E-state index is 12.5. The molecule has 0 saturated heterocycles. The van der Waals surface area contributed by atoms with Gasteiger partial charge in [-0.05, 0) is 36.9 Å². The van der Waals surface area contributed by atoms with Crippen LogP contribution in [0, 0.1) is 0 Å². The van der Waals surface area contributed by atoms with Gasteiger partial charge in [-0.15, -0.1) is 0 Å². The predicted molar refractivity (Wildman–Crippen MR) is 91.2 cm³/mol. The number of benzene rings is 2. The van der Waals surface area contributed by atoms with Gasteiger partial charge in [0, 0.05) is 6.07 Å². The van der Waals surface area contributed by atoms with Gasteiger partial charge in [-0.3, -0.25) is 9.35 Å². The van der Waals surface area contributed by atoms with E-state index in [4.69, 9.17) is 8.97 Å². The maximum Gasteiger partial charge on any atom is 0.298 e. The molecule has 5 N–H and O–H groups in total. The van der Waals surface area contributed by atoms with Gasteiger partial charge in [0.2, 0.25) is 0 Å². The molecule has 9 heteroatoms. The van der Waals surface area contributed by atoms with Crippen molar-refractivity contribution in [2.24, 2.45) is 5.73 Å². The van der Waals surface area contributed by atoms with E-state index in [0.29, 0.717) is 0 Å². The number of phenols is 2. The van der Waals surface area contributed by atoms with E-state index in [-0.39, 0.29) is 27.8 Å². The molecule has 0 unspecified atom stereocenters. The Morgan fingerprint density at radius 1 is 1.04 bits per heavy atom. The summed E-state index contributed by atoms with van der Waals surface area (Å²) in [4.78, 5) is 11.8. The van der Waals surface area contributed by atoms with E-state index in [1.807, 2.05) is 0 Å². The van der Waals surface area contributed by atoms with Crippen molar-refractivity contribution in [2.45, 2.75) is 4.90 Å². The van der Waals surface area contributed by atoms with Gasteiger partial charge in [0.15, 0.2) is 5.43 Å². The predicted octanol–water partition coefficient (Wildman–Crippen LogP) is 1.69. The Balaban J connectivity index is 0.00000109. The summed E-state index contributed by atoms with van der Waals surface area (Å²) in [6, 6.07) is 7.33. The molecule has 0 aliphatic carbocycles. The number of rotatable bonds is 2. The van der Waals surface area contributed by atoms with Gasteiger partial charge in [0.1, 0.15) is 28.2 Å². The van der Waals surface area contributed by atoms with Gasteiger partial charge in [-0.1, -0.05) is 6.07 Å². The molecule has 0 fully saturated rings. The normalized spacial score (nSPS) is 11.0. The Morgan fingerprint density at radius 2 is 1.72 bits per heavy atom. The van der Waals surface area contributed by atoms with Gasteiger partial charge in [0.25, 0.3) is 10.1 Å². The molecule has 0 bridgehead atoms. The molecule has 2 aromatic carbocycles. The average Bonchev–Trinajstić information content (AvgIpc) is 2.56. The summed E-state index contributed by atoms with van der Waals surface area (Å²) in [6.45, 7) is 0. The minimum atomic E-state index is -4.64. The lowest BCUT2D eigenvalue weighted by Gasteiger charge is -2.06. The molecule has 25 heavy (non-hydrogen) atoms. The second kappa shape index (κ2) is 6.93. The zero-order chi connectivity index (χ0) is 18.8. The molecule has 8 nitrogen and oxygen atoms in total. The fraction of sp³-hybridized carbons (Fsp3) is 0.0625. The maximum atomic E-state index is 12.5.